The standard InChI is InChI=1S/C14H24N4O/c1-9-13(10(2)18(3)17-9)14(19)16-8-11-6-4-5-7-12(11)15/h11-12H,4-8,15H2,1-3H3,(H,16,19). The number of amides is 1. The van der Waals surface area contributed by atoms with Gasteiger partial charge >= 0.3 is 0 Å². The van der Waals surface area contributed by atoms with Crippen LogP contribution >= 0.6 is 0 Å². The summed E-state index contributed by atoms with van der Waals surface area (Å²) in [6.45, 7) is 4.46. The minimum Gasteiger partial charge on any atom is -0.352 e. The molecular weight excluding hydrogens is 240 g/mol. The van der Waals surface area contributed by atoms with Gasteiger partial charge in [-0.3, -0.25) is 9.48 Å². The molecule has 1 heterocycles. The summed E-state index contributed by atoms with van der Waals surface area (Å²) in [4.78, 5) is 12.2. The van der Waals surface area contributed by atoms with Crippen LogP contribution in [0.3, 0.4) is 0 Å². The van der Waals surface area contributed by atoms with Crippen molar-refractivity contribution in [1.82, 2.24) is 15.1 Å². The molecule has 0 aliphatic heterocycles. The lowest BCUT2D eigenvalue weighted by Crippen LogP contribution is -2.41. The maximum atomic E-state index is 12.2. The minimum absolute atomic E-state index is 0.0270. The van der Waals surface area contributed by atoms with Gasteiger partial charge in [0.25, 0.3) is 5.91 Å². The number of aromatic nitrogens is 2. The molecule has 5 nitrogen and oxygen atoms in total. The first-order valence-corrected chi connectivity index (χ1v) is 7.04. The summed E-state index contributed by atoms with van der Waals surface area (Å²) in [5.74, 6) is 0.385. The van der Waals surface area contributed by atoms with Crippen molar-refractivity contribution < 1.29 is 4.79 Å². The van der Waals surface area contributed by atoms with Crippen LogP contribution in [0.25, 0.3) is 0 Å². The average Bonchev–Trinajstić information content (AvgIpc) is 2.62. The van der Waals surface area contributed by atoms with Crippen LogP contribution in [0, 0.1) is 19.8 Å². The van der Waals surface area contributed by atoms with E-state index >= 15 is 0 Å². The first kappa shape index (κ1) is 14.1. The van der Waals surface area contributed by atoms with Crippen LogP contribution in [0.5, 0.6) is 0 Å². The Morgan fingerprint density at radius 2 is 2.11 bits per heavy atom. The van der Waals surface area contributed by atoms with Gasteiger partial charge in [-0.15, -0.1) is 0 Å². The molecule has 0 aromatic carbocycles. The van der Waals surface area contributed by atoms with Gasteiger partial charge in [-0.1, -0.05) is 12.8 Å². The predicted molar refractivity (Wildman–Crippen MR) is 74.9 cm³/mol. The maximum Gasteiger partial charge on any atom is 0.255 e. The zero-order valence-electron chi connectivity index (χ0n) is 12.1. The molecule has 19 heavy (non-hydrogen) atoms. The maximum absolute atomic E-state index is 12.2. The molecule has 1 aromatic rings. The summed E-state index contributed by atoms with van der Waals surface area (Å²) in [7, 11) is 1.86. The Bertz CT molecular complexity index is 466. The van der Waals surface area contributed by atoms with Gasteiger partial charge in [-0.05, 0) is 32.6 Å². The Morgan fingerprint density at radius 3 is 2.68 bits per heavy atom. The Hall–Kier alpha value is -1.36. The van der Waals surface area contributed by atoms with Crippen LogP contribution in [0.15, 0.2) is 0 Å². The molecule has 5 heteroatoms. The monoisotopic (exact) mass is 264 g/mol. The lowest BCUT2D eigenvalue weighted by molar-refractivity contribution is 0.0940. The summed E-state index contributed by atoms with van der Waals surface area (Å²) < 4.78 is 1.75. The normalized spacial score (nSPS) is 23.4. The molecule has 106 valence electrons. The number of aryl methyl sites for hydroxylation is 2. The third-order valence-electron chi connectivity index (χ3n) is 4.23. The second-order valence-electron chi connectivity index (χ2n) is 5.59. The Labute approximate surface area is 114 Å². The topological polar surface area (TPSA) is 72.9 Å². The fraction of sp³-hybridized carbons (Fsp3) is 0.714. The SMILES string of the molecule is Cc1nn(C)c(C)c1C(=O)NCC1CCCCC1N. The van der Waals surface area contributed by atoms with Crippen molar-refractivity contribution in [2.24, 2.45) is 18.7 Å². The van der Waals surface area contributed by atoms with Gasteiger partial charge in [-0.2, -0.15) is 5.10 Å². The minimum atomic E-state index is -0.0270. The van der Waals surface area contributed by atoms with E-state index in [1.807, 2.05) is 20.9 Å². The summed E-state index contributed by atoms with van der Waals surface area (Å²) in [6, 6.07) is 0.227. The number of hydrogen-bond donors (Lipinski definition) is 2. The number of rotatable bonds is 3. The molecule has 1 amide bonds. The summed E-state index contributed by atoms with van der Waals surface area (Å²) in [5, 5.41) is 7.29. The van der Waals surface area contributed by atoms with Gasteiger partial charge < -0.3 is 11.1 Å². The quantitative estimate of drug-likeness (QED) is 0.864. The summed E-state index contributed by atoms with van der Waals surface area (Å²) in [5.41, 5.74) is 8.49. The second kappa shape index (κ2) is 5.74. The predicted octanol–water partition coefficient (Wildman–Crippen LogP) is 1.28. The van der Waals surface area contributed by atoms with Gasteiger partial charge in [-0.25, -0.2) is 0 Å². The molecule has 0 bridgehead atoms. The van der Waals surface area contributed by atoms with Crippen molar-refractivity contribution in [1.29, 1.82) is 0 Å². The first-order valence-electron chi connectivity index (χ1n) is 7.04. The van der Waals surface area contributed by atoms with Gasteiger partial charge in [0.1, 0.15) is 0 Å². The van der Waals surface area contributed by atoms with Crippen LogP contribution in [-0.4, -0.2) is 28.3 Å². The van der Waals surface area contributed by atoms with E-state index in [0.29, 0.717) is 18.0 Å². The van der Waals surface area contributed by atoms with Gasteiger partial charge in [0.05, 0.1) is 11.3 Å². The molecule has 2 unspecified atom stereocenters. The van der Waals surface area contributed by atoms with E-state index in [1.165, 1.54) is 12.8 Å². The van der Waals surface area contributed by atoms with E-state index in [4.69, 9.17) is 5.73 Å². The third-order valence-corrected chi connectivity index (χ3v) is 4.23. The molecule has 1 aliphatic carbocycles. The van der Waals surface area contributed by atoms with Crippen molar-refractivity contribution in [2.75, 3.05) is 6.54 Å². The smallest absolute Gasteiger partial charge is 0.255 e. The third kappa shape index (κ3) is 2.97. The van der Waals surface area contributed by atoms with Gasteiger partial charge in [0.2, 0.25) is 0 Å². The van der Waals surface area contributed by atoms with Crippen LogP contribution < -0.4 is 11.1 Å². The van der Waals surface area contributed by atoms with Crippen molar-refractivity contribution in [3.8, 4) is 0 Å². The van der Waals surface area contributed by atoms with E-state index in [1.54, 1.807) is 4.68 Å². The van der Waals surface area contributed by atoms with Crippen LogP contribution in [0.4, 0.5) is 0 Å². The van der Waals surface area contributed by atoms with Crippen LogP contribution in [0.1, 0.15) is 47.4 Å². The summed E-state index contributed by atoms with van der Waals surface area (Å²) in [6.07, 6.45) is 4.63. The molecule has 3 N–H and O–H groups in total. The van der Waals surface area contributed by atoms with Crippen LogP contribution in [0.2, 0.25) is 0 Å². The van der Waals surface area contributed by atoms with E-state index in [9.17, 15) is 4.79 Å². The van der Waals surface area contributed by atoms with Crippen molar-refractivity contribution in [3.05, 3.63) is 17.0 Å². The number of nitrogens with two attached hydrogens (primary N) is 1. The van der Waals surface area contributed by atoms with E-state index < -0.39 is 0 Å². The highest BCUT2D eigenvalue weighted by Gasteiger charge is 2.23. The molecule has 1 saturated carbocycles. The number of nitrogens with zero attached hydrogens (tertiary/aromatic N) is 2. The van der Waals surface area contributed by atoms with Gasteiger partial charge in [0, 0.05) is 25.3 Å². The van der Waals surface area contributed by atoms with Crippen molar-refractivity contribution in [3.63, 3.8) is 0 Å². The van der Waals surface area contributed by atoms with Crippen LogP contribution in [-0.2, 0) is 7.05 Å². The van der Waals surface area contributed by atoms with Crippen molar-refractivity contribution in [2.45, 2.75) is 45.6 Å². The lowest BCUT2D eigenvalue weighted by atomic mass is 9.85. The second-order valence-corrected chi connectivity index (χ2v) is 5.59. The molecule has 0 saturated heterocycles. The number of hydrogen-bond acceptors (Lipinski definition) is 3. The zero-order valence-corrected chi connectivity index (χ0v) is 12.1. The largest absolute Gasteiger partial charge is 0.352 e. The Morgan fingerprint density at radius 1 is 1.42 bits per heavy atom. The van der Waals surface area contributed by atoms with E-state index in [0.717, 1.165) is 24.2 Å². The number of nitrogens with one attached hydrogen (secondary N) is 1. The highest BCUT2D eigenvalue weighted by atomic mass is 16.1. The number of carbonyl (C=O) groups excluding carboxylic acids is 1. The first-order chi connectivity index (χ1) is 9.00. The highest BCUT2D eigenvalue weighted by Crippen LogP contribution is 2.22. The molecule has 0 spiro atoms. The molecular formula is C14H24N4O. The zero-order chi connectivity index (χ0) is 14.0. The van der Waals surface area contributed by atoms with E-state index in [-0.39, 0.29) is 11.9 Å². The summed E-state index contributed by atoms with van der Waals surface area (Å²) >= 11 is 0. The lowest BCUT2D eigenvalue weighted by Gasteiger charge is -2.28. The fourth-order valence-electron chi connectivity index (χ4n) is 2.90. The highest BCUT2D eigenvalue weighted by molar-refractivity contribution is 5.96. The fourth-order valence-corrected chi connectivity index (χ4v) is 2.90. The molecule has 2 rings (SSSR count). The molecule has 1 fully saturated rings. The molecule has 0 radical (unpaired) electrons. The Balaban J connectivity index is 1.97. The number of carbonyl (C=O) groups is 1. The van der Waals surface area contributed by atoms with Crippen molar-refractivity contribution >= 4 is 5.91 Å². The van der Waals surface area contributed by atoms with E-state index in [2.05, 4.69) is 10.4 Å². The van der Waals surface area contributed by atoms with Gasteiger partial charge in [0.15, 0.2) is 0 Å². The molecule has 2 atom stereocenters. The average molecular weight is 264 g/mol. The molecule has 1 aliphatic rings. The Kier molecular flexibility index (Phi) is 4.24. The molecule has 1 aromatic heterocycles.